The molecule has 4 rings (SSSR count). The van der Waals surface area contributed by atoms with E-state index in [4.69, 9.17) is 4.74 Å². The molecule has 0 bridgehead atoms. The van der Waals surface area contributed by atoms with Gasteiger partial charge in [-0.25, -0.2) is 4.39 Å². The standard InChI is InChI=1S/C22H20FN5O3S/c1-3-18(20(29)24-15-10-8-14(23)9-11-15)32-22-26-25-19-21(30)27(12-13-28(19)22)16-6-4-5-7-17(16)31-2/h4-13,18H,3H2,1-2H3,(H,24,29). The van der Waals surface area contributed by atoms with Crippen LogP contribution in [0.2, 0.25) is 0 Å². The topological polar surface area (TPSA) is 90.5 Å². The van der Waals surface area contributed by atoms with Gasteiger partial charge >= 0.3 is 5.56 Å². The highest BCUT2D eigenvalue weighted by molar-refractivity contribution is 8.00. The Morgan fingerprint density at radius 1 is 1.16 bits per heavy atom. The Labute approximate surface area is 187 Å². The number of halogens is 1. The number of fused-ring (bicyclic) bond motifs is 1. The van der Waals surface area contributed by atoms with Gasteiger partial charge in [0, 0.05) is 18.1 Å². The number of aromatic nitrogens is 4. The van der Waals surface area contributed by atoms with Gasteiger partial charge in [-0.3, -0.25) is 18.6 Å². The summed E-state index contributed by atoms with van der Waals surface area (Å²) in [6.45, 7) is 1.87. The predicted octanol–water partition coefficient (Wildman–Crippen LogP) is 3.54. The summed E-state index contributed by atoms with van der Waals surface area (Å²) >= 11 is 1.20. The summed E-state index contributed by atoms with van der Waals surface area (Å²) in [5.41, 5.74) is 0.862. The minimum Gasteiger partial charge on any atom is -0.495 e. The molecule has 8 nitrogen and oxygen atoms in total. The molecular weight excluding hydrogens is 433 g/mol. The SMILES string of the molecule is CCC(Sc1nnc2c(=O)n(-c3ccccc3OC)ccn12)C(=O)Nc1ccc(F)cc1. The number of carbonyl (C=O) groups excluding carboxylic acids is 1. The van der Waals surface area contributed by atoms with Crippen LogP contribution in [0.4, 0.5) is 10.1 Å². The fourth-order valence-corrected chi connectivity index (χ4v) is 4.11. The Kier molecular flexibility index (Phi) is 6.22. The Morgan fingerprint density at radius 2 is 1.91 bits per heavy atom. The molecule has 2 aromatic heterocycles. The number of amides is 1. The second kappa shape index (κ2) is 9.23. The molecule has 0 saturated carbocycles. The first-order valence-electron chi connectivity index (χ1n) is 9.84. The van der Waals surface area contributed by atoms with Crippen molar-refractivity contribution in [1.82, 2.24) is 19.2 Å². The van der Waals surface area contributed by atoms with Gasteiger partial charge < -0.3 is 10.1 Å². The van der Waals surface area contributed by atoms with E-state index in [1.807, 2.05) is 19.1 Å². The Balaban J connectivity index is 1.61. The first-order chi connectivity index (χ1) is 15.5. The van der Waals surface area contributed by atoms with E-state index in [2.05, 4.69) is 15.5 Å². The highest BCUT2D eigenvalue weighted by Gasteiger charge is 2.22. The van der Waals surface area contributed by atoms with E-state index in [1.165, 1.54) is 47.7 Å². The summed E-state index contributed by atoms with van der Waals surface area (Å²) in [6.07, 6.45) is 3.81. The fourth-order valence-electron chi connectivity index (χ4n) is 3.17. The van der Waals surface area contributed by atoms with Gasteiger partial charge in [0.25, 0.3) is 0 Å². The van der Waals surface area contributed by atoms with E-state index in [0.29, 0.717) is 28.7 Å². The second-order valence-corrected chi connectivity index (χ2v) is 8.00. The number of hydrogen-bond donors (Lipinski definition) is 1. The van der Waals surface area contributed by atoms with Gasteiger partial charge in [0.15, 0.2) is 5.16 Å². The molecule has 1 amide bonds. The lowest BCUT2D eigenvalue weighted by molar-refractivity contribution is -0.115. The first kappa shape index (κ1) is 21.6. The van der Waals surface area contributed by atoms with Crippen LogP contribution in [0.5, 0.6) is 5.75 Å². The largest absolute Gasteiger partial charge is 0.495 e. The molecule has 0 aliphatic rings. The maximum Gasteiger partial charge on any atom is 0.300 e. The summed E-state index contributed by atoms with van der Waals surface area (Å²) in [5.74, 6) is -0.0714. The molecule has 164 valence electrons. The number of anilines is 1. The molecule has 1 N–H and O–H groups in total. The molecule has 0 aliphatic heterocycles. The second-order valence-electron chi connectivity index (χ2n) is 6.83. The van der Waals surface area contributed by atoms with Crippen molar-refractivity contribution in [1.29, 1.82) is 0 Å². The van der Waals surface area contributed by atoms with Crippen LogP contribution >= 0.6 is 11.8 Å². The van der Waals surface area contributed by atoms with Crippen LogP contribution in [0.1, 0.15) is 13.3 Å². The van der Waals surface area contributed by atoms with Crippen molar-refractivity contribution in [3.63, 3.8) is 0 Å². The number of carbonyl (C=O) groups is 1. The highest BCUT2D eigenvalue weighted by atomic mass is 32.2. The molecule has 0 fully saturated rings. The first-order valence-corrected chi connectivity index (χ1v) is 10.7. The maximum atomic E-state index is 13.1. The molecule has 32 heavy (non-hydrogen) atoms. The average molecular weight is 453 g/mol. The van der Waals surface area contributed by atoms with Crippen LogP contribution in [-0.2, 0) is 4.79 Å². The molecule has 4 aromatic rings. The van der Waals surface area contributed by atoms with Crippen LogP contribution in [0.25, 0.3) is 11.3 Å². The monoisotopic (exact) mass is 453 g/mol. The van der Waals surface area contributed by atoms with Gasteiger partial charge in [-0.05, 0) is 42.8 Å². The van der Waals surface area contributed by atoms with Crippen molar-refractivity contribution < 1.29 is 13.9 Å². The number of thioether (sulfide) groups is 1. The normalized spacial score (nSPS) is 12.0. The molecule has 0 radical (unpaired) electrons. The number of benzene rings is 2. The predicted molar refractivity (Wildman–Crippen MR) is 120 cm³/mol. The van der Waals surface area contributed by atoms with Crippen LogP contribution in [0, 0.1) is 5.82 Å². The average Bonchev–Trinajstić information content (AvgIpc) is 3.22. The van der Waals surface area contributed by atoms with Crippen molar-refractivity contribution in [2.24, 2.45) is 0 Å². The number of hydrogen-bond acceptors (Lipinski definition) is 6. The van der Waals surface area contributed by atoms with Gasteiger partial charge in [0.1, 0.15) is 11.6 Å². The van der Waals surface area contributed by atoms with Crippen molar-refractivity contribution in [2.45, 2.75) is 23.8 Å². The summed E-state index contributed by atoms with van der Waals surface area (Å²) in [5, 5.41) is 10.9. The van der Waals surface area contributed by atoms with Gasteiger partial charge in [-0.2, -0.15) is 0 Å². The van der Waals surface area contributed by atoms with Crippen LogP contribution in [0.3, 0.4) is 0 Å². The molecule has 1 atom stereocenters. The summed E-state index contributed by atoms with van der Waals surface area (Å²) in [7, 11) is 1.54. The van der Waals surface area contributed by atoms with E-state index >= 15 is 0 Å². The quantitative estimate of drug-likeness (QED) is 0.431. The smallest absolute Gasteiger partial charge is 0.300 e. The number of rotatable bonds is 7. The third-order valence-corrected chi connectivity index (χ3v) is 6.13. The Bertz CT molecular complexity index is 1320. The number of para-hydroxylation sites is 2. The molecule has 0 aliphatic carbocycles. The molecule has 2 heterocycles. The van der Waals surface area contributed by atoms with Crippen molar-refractivity contribution in [3.8, 4) is 11.4 Å². The molecule has 0 saturated heterocycles. The Hall–Kier alpha value is -3.66. The van der Waals surface area contributed by atoms with Gasteiger partial charge in [-0.1, -0.05) is 30.8 Å². The van der Waals surface area contributed by atoms with E-state index in [1.54, 1.807) is 28.9 Å². The van der Waals surface area contributed by atoms with Gasteiger partial charge in [-0.15, -0.1) is 10.2 Å². The number of methoxy groups -OCH3 is 1. The van der Waals surface area contributed by atoms with Crippen LogP contribution in [0.15, 0.2) is 70.9 Å². The molecule has 2 aromatic carbocycles. The van der Waals surface area contributed by atoms with Crippen LogP contribution < -0.4 is 15.6 Å². The number of nitrogens with one attached hydrogen (secondary N) is 1. The number of nitrogens with zero attached hydrogens (tertiary/aromatic N) is 4. The van der Waals surface area contributed by atoms with E-state index in [-0.39, 0.29) is 22.9 Å². The summed E-state index contributed by atoms with van der Waals surface area (Å²) in [4.78, 5) is 25.7. The van der Waals surface area contributed by atoms with E-state index in [9.17, 15) is 14.0 Å². The van der Waals surface area contributed by atoms with Gasteiger partial charge in [0.05, 0.1) is 18.0 Å². The summed E-state index contributed by atoms with van der Waals surface area (Å²) in [6, 6.07) is 12.7. The van der Waals surface area contributed by atoms with Crippen molar-refractivity contribution in [2.75, 3.05) is 12.4 Å². The lowest BCUT2D eigenvalue weighted by Gasteiger charge is -2.14. The maximum absolute atomic E-state index is 13.1. The minimum absolute atomic E-state index is 0.134. The van der Waals surface area contributed by atoms with Crippen LogP contribution in [-0.4, -0.2) is 37.4 Å². The van der Waals surface area contributed by atoms with Gasteiger partial charge in [0.2, 0.25) is 11.6 Å². The molecule has 0 spiro atoms. The number of ether oxygens (including phenoxy) is 1. The van der Waals surface area contributed by atoms with Crippen molar-refractivity contribution in [3.05, 3.63) is 77.1 Å². The fraction of sp³-hybridized carbons (Fsp3) is 0.182. The van der Waals surface area contributed by atoms with E-state index in [0.717, 1.165) is 0 Å². The zero-order chi connectivity index (χ0) is 22.7. The molecule has 1 unspecified atom stereocenters. The molecule has 10 heteroatoms. The third-order valence-electron chi connectivity index (χ3n) is 4.81. The third kappa shape index (κ3) is 4.22. The molecular formula is C22H20FN5O3S. The Morgan fingerprint density at radius 3 is 2.62 bits per heavy atom. The zero-order valence-corrected chi connectivity index (χ0v) is 18.2. The minimum atomic E-state index is -0.482. The lowest BCUT2D eigenvalue weighted by Crippen LogP contribution is -2.25. The zero-order valence-electron chi connectivity index (χ0n) is 17.4. The van der Waals surface area contributed by atoms with E-state index < -0.39 is 5.25 Å². The van der Waals surface area contributed by atoms with Crippen molar-refractivity contribution >= 4 is 29.0 Å². The summed E-state index contributed by atoms with van der Waals surface area (Å²) < 4.78 is 21.4. The lowest BCUT2D eigenvalue weighted by atomic mass is 10.2. The highest BCUT2D eigenvalue weighted by Crippen LogP contribution is 2.26.